The molecule has 0 aliphatic carbocycles. The molecule has 0 unspecified atom stereocenters. The Kier molecular flexibility index (Phi) is 5.55. The summed E-state index contributed by atoms with van der Waals surface area (Å²) in [6.45, 7) is 6.59. The number of hydrogen-bond donors (Lipinski definition) is 1. The van der Waals surface area contributed by atoms with Gasteiger partial charge in [-0.15, -0.1) is 0 Å². The highest BCUT2D eigenvalue weighted by atomic mass is 16.2. The van der Waals surface area contributed by atoms with Crippen LogP contribution in [-0.4, -0.2) is 16.4 Å². The molecule has 1 heterocycles. The first-order valence-corrected chi connectivity index (χ1v) is 9.07. The van der Waals surface area contributed by atoms with E-state index in [1.807, 2.05) is 63.2 Å². The minimum atomic E-state index is -0.291. The summed E-state index contributed by atoms with van der Waals surface area (Å²) < 4.78 is 0. The zero-order valence-electron chi connectivity index (χ0n) is 16.0. The van der Waals surface area contributed by atoms with Gasteiger partial charge in [0.15, 0.2) is 0 Å². The van der Waals surface area contributed by atoms with E-state index < -0.39 is 0 Å². The zero-order chi connectivity index (χ0) is 19.3. The minimum absolute atomic E-state index is 0.164. The highest BCUT2D eigenvalue weighted by molar-refractivity contribution is 5.93. The lowest BCUT2D eigenvalue weighted by molar-refractivity contribution is 0.0914. The van der Waals surface area contributed by atoms with E-state index in [1.54, 1.807) is 12.3 Å². The number of rotatable bonds is 5. The van der Waals surface area contributed by atoms with Crippen molar-refractivity contribution >= 4 is 17.3 Å². The molecule has 0 aliphatic heterocycles. The third-order valence-electron chi connectivity index (χ3n) is 4.03. The van der Waals surface area contributed by atoms with Crippen LogP contribution in [0.15, 0.2) is 79.0 Å². The van der Waals surface area contributed by atoms with Crippen LogP contribution in [0.2, 0.25) is 0 Å². The summed E-state index contributed by atoms with van der Waals surface area (Å²) in [5, 5.41) is 2.94. The van der Waals surface area contributed by atoms with Gasteiger partial charge in [-0.1, -0.05) is 48.5 Å². The average molecular weight is 359 g/mol. The van der Waals surface area contributed by atoms with E-state index in [9.17, 15) is 4.79 Å². The Morgan fingerprint density at radius 3 is 2.07 bits per heavy atom. The number of nitrogens with one attached hydrogen (secondary N) is 1. The quantitative estimate of drug-likeness (QED) is 0.701. The molecule has 0 aliphatic rings. The number of carbonyl (C=O) groups is 1. The van der Waals surface area contributed by atoms with Gasteiger partial charge in [-0.3, -0.25) is 4.79 Å². The molecule has 1 aromatic heterocycles. The molecule has 0 atom stereocenters. The second kappa shape index (κ2) is 8.04. The topological polar surface area (TPSA) is 45.2 Å². The molecule has 4 nitrogen and oxygen atoms in total. The summed E-state index contributed by atoms with van der Waals surface area (Å²) in [4.78, 5) is 18.9. The Morgan fingerprint density at radius 1 is 0.889 bits per heavy atom. The monoisotopic (exact) mass is 359 g/mol. The fraction of sp³-hybridized carbons (Fsp3) is 0.217. The van der Waals surface area contributed by atoms with Gasteiger partial charge in [0.1, 0.15) is 5.69 Å². The maximum absolute atomic E-state index is 12.3. The van der Waals surface area contributed by atoms with Gasteiger partial charge in [-0.2, -0.15) is 0 Å². The summed E-state index contributed by atoms with van der Waals surface area (Å²) >= 11 is 0. The average Bonchev–Trinajstić information content (AvgIpc) is 2.66. The second-order valence-electron chi connectivity index (χ2n) is 7.51. The lowest BCUT2D eigenvalue weighted by Crippen LogP contribution is -2.40. The predicted octanol–water partition coefficient (Wildman–Crippen LogP) is 4.95. The van der Waals surface area contributed by atoms with Gasteiger partial charge >= 0.3 is 0 Å². The fourth-order valence-electron chi connectivity index (χ4n) is 2.79. The van der Waals surface area contributed by atoms with Crippen LogP contribution in [0, 0.1) is 0 Å². The van der Waals surface area contributed by atoms with Crippen LogP contribution in [0.25, 0.3) is 0 Å². The van der Waals surface area contributed by atoms with E-state index in [0.717, 1.165) is 17.9 Å². The van der Waals surface area contributed by atoms with Crippen molar-refractivity contribution in [3.8, 4) is 0 Å². The first-order valence-electron chi connectivity index (χ1n) is 9.07. The molecule has 0 fully saturated rings. The van der Waals surface area contributed by atoms with Crippen LogP contribution >= 0.6 is 0 Å². The van der Waals surface area contributed by atoms with E-state index in [4.69, 9.17) is 0 Å². The summed E-state index contributed by atoms with van der Waals surface area (Å²) in [7, 11) is 0. The zero-order valence-corrected chi connectivity index (χ0v) is 16.0. The Morgan fingerprint density at radius 2 is 1.52 bits per heavy atom. The highest BCUT2D eigenvalue weighted by Crippen LogP contribution is 2.27. The Bertz CT molecular complexity index is 869. The Hall–Kier alpha value is -3.14. The number of anilines is 2. The summed E-state index contributed by atoms with van der Waals surface area (Å²) in [6, 6.07) is 24.2. The van der Waals surface area contributed by atoms with Crippen LogP contribution in [0.3, 0.4) is 0 Å². The molecule has 0 saturated carbocycles. The van der Waals surface area contributed by atoms with E-state index in [-0.39, 0.29) is 11.4 Å². The molecule has 0 spiro atoms. The number of hydrogen-bond acceptors (Lipinski definition) is 3. The number of nitrogens with zero attached hydrogens (tertiary/aromatic N) is 2. The van der Waals surface area contributed by atoms with Crippen LogP contribution in [-0.2, 0) is 6.54 Å². The van der Waals surface area contributed by atoms with Crippen molar-refractivity contribution in [2.24, 2.45) is 0 Å². The maximum Gasteiger partial charge on any atom is 0.270 e. The fourth-order valence-corrected chi connectivity index (χ4v) is 2.79. The van der Waals surface area contributed by atoms with Gasteiger partial charge in [0.2, 0.25) is 0 Å². The van der Waals surface area contributed by atoms with E-state index >= 15 is 0 Å². The Balaban J connectivity index is 1.87. The summed E-state index contributed by atoms with van der Waals surface area (Å²) in [5.41, 5.74) is 3.35. The van der Waals surface area contributed by atoms with E-state index in [1.165, 1.54) is 5.56 Å². The minimum Gasteiger partial charge on any atom is -0.346 e. The Labute approximate surface area is 160 Å². The van der Waals surface area contributed by atoms with Crippen molar-refractivity contribution < 1.29 is 4.79 Å². The third-order valence-corrected chi connectivity index (χ3v) is 4.03. The molecule has 1 N–H and O–H groups in total. The van der Waals surface area contributed by atoms with Crippen LogP contribution < -0.4 is 10.2 Å². The molecule has 3 aromatic rings. The molecule has 138 valence electrons. The molecule has 3 rings (SSSR count). The normalized spacial score (nSPS) is 11.1. The third kappa shape index (κ3) is 5.17. The van der Waals surface area contributed by atoms with E-state index in [0.29, 0.717) is 5.69 Å². The number of para-hydroxylation sites is 1. The van der Waals surface area contributed by atoms with Crippen molar-refractivity contribution in [1.82, 2.24) is 10.3 Å². The van der Waals surface area contributed by atoms with E-state index in [2.05, 4.69) is 39.5 Å². The smallest absolute Gasteiger partial charge is 0.270 e. The number of amides is 1. The van der Waals surface area contributed by atoms with Crippen LogP contribution in [0.4, 0.5) is 11.4 Å². The van der Waals surface area contributed by atoms with Gasteiger partial charge in [-0.25, -0.2) is 4.98 Å². The molecule has 4 heteroatoms. The van der Waals surface area contributed by atoms with Crippen molar-refractivity contribution in [2.75, 3.05) is 4.90 Å². The summed E-state index contributed by atoms with van der Waals surface area (Å²) in [6.07, 6.45) is 1.76. The standard InChI is InChI=1S/C23H25N3O/c1-23(2,3)25-22(27)21-15-14-20(16-24-21)26(19-12-8-5-9-13-19)17-18-10-6-4-7-11-18/h4-16H,17H2,1-3H3,(H,25,27). The molecule has 0 radical (unpaired) electrons. The highest BCUT2D eigenvalue weighted by Gasteiger charge is 2.17. The summed E-state index contributed by atoms with van der Waals surface area (Å²) in [5.74, 6) is -0.164. The van der Waals surface area contributed by atoms with Crippen molar-refractivity contribution in [3.63, 3.8) is 0 Å². The van der Waals surface area contributed by atoms with Crippen LogP contribution in [0.5, 0.6) is 0 Å². The van der Waals surface area contributed by atoms with Crippen LogP contribution in [0.1, 0.15) is 36.8 Å². The molecular formula is C23H25N3O. The lowest BCUT2D eigenvalue weighted by atomic mass is 10.1. The predicted molar refractivity (Wildman–Crippen MR) is 110 cm³/mol. The SMILES string of the molecule is CC(C)(C)NC(=O)c1ccc(N(Cc2ccccc2)c2ccccc2)cn1. The number of carbonyl (C=O) groups excluding carboxylic acids is 1. The van der Waals surface area contributed by atoms with Gasteiger partial charge in [-0.05, 0) is 50.6 Å². The molecule has 0 bridgehead atoms. The lowest BCUT2D eigenvalue weighted by Gasteiger charge is -2.25. The van der Waals surface area contributed by atoms with Gasteiger partial charge in [0.05, 0.1) is 11.9 Å². The molecule has 2 aromatic carbocycles. The largest absolute Gasteiger partial charge is 0.346 e. The molecule has 0 saturated heterocycles. The van der Waals surface area contributed by atoms with Gasteiger partial charge in [0, 0.05) is 17.8 Å². The van der Waals surface area contributed by atoms with Crippen molar-refractivity contribution in [3.05, 3.63) is 90.3 Å². The molecule has 1 amide bonds. The van der Waals surface area contributed by atoms with Crippen molar-refractivity contribution in [1.29, 1.82) is 0 Å². The number of benzene rings is 2. The molecule has 27 heavy (non-hydrogen) atoms. The van der Waals surface area contributed by atoms with Gasteiger partial charge < -0.3 is 10.2 Å². The van der Waals surface area contributed by atoms with Crippen molar-refractivity contribution in [2.45, 2.75) is 32.9 Å². The maximum atomic E-state index is 12.3. The second-order valence-corrected chi connectivity index (χ2v) is 7.51. The first kappa shape index (κ1) is 18.6. The molecular weight excluding hydrogens is 334 g/mol. The van der Waals surface area contributed by atoms with Gasteiger partial charge in [0.25, 0.3) is 5.91 Å². The number of pyridine rings is 1. The number of aromatic nitrogens is 1. The first-order chi connectivity index (χ1) is 12.9.